The van der Waals surface area contributed by atoms with Crippen LogP contribution in [0.3, 0.4) is 0 Å². The molecule has 1 heterocycles. The maximum Gasteiger partial charge on any atom is 0.410 e. The van der Waals surface area contributed by atoms with Gasteiger partial charge >= 0.3 is 6.09 Å². The average Bonchev–Trinajstić information content (AvgIpc) is 2.89. The average molecular weight is 446 g/mol. The second-order valence-corrected chi connectivity index (χ2v) is 7.93. The Bertz CT molecular complexity index is 1050. The quantitative estimate of drug-likeness (QED) is 0.446. The van der Waals surface area contributed by atoms with Crippen LogP contribution >= 0.6 is 0 Å². The van der Waals surface area contributed by atoms with Gasteiger partial charge in [-0.2, -0.15) is 0 Å². The van der Waals surface area contributed by atoms with E-state index in [0.29, 0.717) is 26.2 Å². The van der Waals surface area contributed by atoms with Gasteiger partial charge in [0.2, 0.25) is 0 Å². The van der Waals surface area contributed by atoms with Crippen molar-refractivity contribution in [3.05, 3.63) is 102 Å². The monoisotopic (exact) mass is 445 g/mol. The molecule has 1 unspecified atom stereocenters. The van der Waals surface area contributed by atoms with Crippen LogP contribution in [0, 0.1) is 0 Å². The molecule has 1 aliphatic heterocycles. The van der Waals surface area contributed by atoms with E-state index in [2.05, 4.69) is 4.90 Å². The Hall–Kier alpha value is -3.84. The van der Waals surface area contributed by atoms with Crippen LogP contribution in [0.2, 0.25) is 0 Å². The van der Waals surface area contributed by atoms with Crippen molar-refractivity contribution in [3.63, 3.8) is 0 Å². The van der Waals surface area contributed by atoms with Gasteiger partial charge in [0.25, 0.3) is 5.91 Å². The van der Waals surface area contributed by atoms with Crippen LogP contribution in [-0.2, 0) is 16.1 Å². The predicted molar refractivity (Wildman–Crippen MR) is 125 cm³/mol. The molecule has 4 rings (SSSR count). The Balaban J connectivity index is 1.35. The zero-order valence-corrected chi connectivity index (χ0v) is 18.3. The van der Waals surface area contributed by atoms with E-state index >= 15 is 0 Å². The lowest BCUT2D eigenvalue weighted by Gasteiger charge is -2.35. The highest BCUT2D eigenvalue weighted by molar-refractivity contribution is 5.86. The van der Waals surface area contributed by atoms with E-state index in [1.54, 1.807) is 10.4 Å². The number of carbonyl (C=O) groups excluding carboxylic acids is 2. The van der Waals surface area contributed by atoms with Gasteiger partial charge in [0.1, 0.15) is 6.61 Å². The van der Waals surface area contributed by atoms with Crippen molar-refractivity contribution in [1.29, 1.82) is 0 Å². The molecule has 1 saturated heterocycles. The van der Waals surface area contributed by atoms with Crippen molar-refractivity contribution in [2.45, 2.75) is 12.5 Å². The number of piperazine rings is 1. The van der Waals surface area contributed by atoms with Crippen LogP contribution in [0.4, 0.5) is 10.5 Å². The van der Waals surface area contributed by atoms with Gasteiger partial charge in [-0.05, 0) is 28.8 Å². The molecule has 0 bridgehead atoms. The second kappa shape index (κ2) is 10.7. The zero-order chi connectivity index (χ0) is 23.0. The molecule has 33 heavy (non-hydrogen) atoms. The summed E-state index contributed by atoms with van der Waals surface area (Å²) in [7, 11) is 0. The standard InChI is InChI=1S/C26H27N3O4/c30-25(27-32)24(21-9-5-2-6-10-21)22-11-13-23(14-12-22)28-15-17-29(18-16-28)26(31)33-19-20-7-3-1-4-8-20/h1-14,24,32H,15-19H2,(H,27,30). The normalized spacial score (nSPS) is 14.5. The Morgan fingerprint density at radius 1 is 0.818 bits per heavy atom. The highest BCUT2D eigenvalue weighted by Crippen LogP contribution is 2.27. The molecule has 3 aromatic carbocycles. The molecule has 1 aliphatic rings. The lowest BCUT2D eigenvalue weighted by Crippen LogP contribution is -2.48. The minimum Gasteiger partial charge on any atom is -0.445 e. The van der Waals surface area contributed by atoms with Gasteiger partial charge in [-0.1, -0.05) is 72.8 Å². The molecule has 0 aromatic heterocycles. The third kappa shape index (κ3) is 5.51. The molecule has 2 N–H and O–H groups in total. The molecule has 7 nitrogen and oxygen atoms in total. The summed E-state index contributed by atoms with van der Waals surface area (Å²) in [5.74, 6) is -1.07. The molecular formula is C26H27N3O4. The number of rotatable bonds is 6. The maximum atomic E-state index is 12.4. The van der Waals surface area contributed by atoms with Gasteiger partial charge in [-0.25, -0.2) is 10.3 Å². The highest BCUT2D eigenvalue weighted by atomic mass is 16.6. The number of nitrogens with one attached hydrogen (secondary N) is 1. The number of hydrogen-bond acceptors (Lipinski definition) is 5. The first-order chi connectivity index (χ1) is 16.2. The molecule has 2 amide bonds. The van der Waals surface area contributed by atoms with Gasteiger partial charge in [-0.15, -0.1) is 0 Å². The van der Waals surface area contributed by atoms with Crippen molar-refractivity contribution < 1.29 is 19.5 Å². The van der Waals surface area contributed by atoms with Gasteiger partial charge < -0.3 is 14.5 Å². The molecule has 1 fully saturated rings. The summed E-state index contributed by atoms with van der Waals surface area (Å²) in [6.45, 7) is 2.81. The van der Waals surface area contributed by atoms with Crippen molar-refractivity contribution in [2.24, 2.45) is 0 Å². The fourth-order valence-electron chi connectivity index (χ4n) is 4.04. The fraction of sp³-hybridized carbons (Fsp3) is 0.231. The Morgan fingerprint density at radius 2 is 1.39 bits per heavy atom. The van der Waals surface area contributed by atoms with E-state index in [1.807, 2.05) is 84.9 Å². The zero-order valence-electron chi connectivity index (χ0n) is 18.3. The van der Waals surface area contributed by atoms with Crippen molar-refractivity contribution in [2.75, 3.05) is 31.1 Å². The topological polar surface area (TPSA) is 82.1 Å². The summed E-state index contributed by atoms with van der Waals surface area (Å²) in [4.78, 5) is 28.6. The minimum absolute atomic E-state index is 0.269. The largest absolute Gasteiger partial charge is 0.445 e. The second-order valence-electron chi connectivity index (χ2n) is 7.93. The summed E-state index contributed by atoms with van der Waals surface area (Å²) in [5.41, 5.74) is 5.36. The summed E-state index contributed by atoms with van der Waals surface area (Å²) >= 11 is 0. The van der Waals surface area contributed by atoms with Crippen LogP contribution in [0.1, 0.15) is 22.6 Å². The number of nitrogens with zero attached hydrogens (tertiary/aromatic N) is 2. The van der Waals surface area contributed by atoms with E-state index in [0.717, 1.165) is 22.4 Å². The predicted octanol–water partition coefficient (Wildman–Crippen LogP) is 3.78. The van der Waals surface area contributed by atoms with Gasteiger partial charge in [-0.3, -0.25) is 10.0 Å². The van der Waals surface area contributed by atoms with Crippen LogP contribution in [-0.4, -0.2) is 48.3 Å². The van der Waals surface area contributed by atoms with Crippen LogP contribution in [0.15, 0.2) is 84.9 Å². The van der Waals surface area contributed by atoms with Crippen LogP contribution in [0.25, 0.3) is 0 Å². The van der Waals surface area contributed by atoms with Crippen LogP contribution < -0.4 is 10.4 Å². The van der Waals surface area contributed by atoms with Crippen LogP contribution in [0.5, 0.6) is 0 Å². The number of amides is 2. The maximum absolute atomic E-state index is 12.4. The smallest absolute Gasteiger partial charge is 0.410 e. The Morgan fingerprint density at radius 3 is 2.00 bits per heavy atom. The highest BCUT2D eigenvalue weighted by Gasteiger charge is 2.24. The van der Waals surface area contributed by atoms with E-state index < -0.39 is 11.8 Å². The molecular weight excluding hydrogens is 418 g/mol. The SMILES string of the molecule is O=C(NO)C(c1ccccc1)c1ccc(N2CCN(C(=O)OCc3ccccc3)CC2)cc1. The molecule has 3 aromatic rings. The van der Waals surface area contributed by atoms with E-state index in [9.17, 15) is 14.8 Å². The molecule has 170 valence electrons. The van der Waals surface area contributed by atoms with E-state index in [4.69, 9.17) is 4.74 Å². The lowest BCUT2D eigenvalue weighted by atomic mass is 9.90. The van der Waals surface area contributed by atoms with Gasteiger partial charge in [0.05, 0.1) is 5.92 Å². The van der Waals surface area contributed by atoms with Gasteiger partial charge in [0, 0.05) is 31.9 Å². The summed E-state index contributed by atoms with van der Waals surface area (Å²) in [5, 5.41) is 9.21. The summed E-state index contributed by atoms with van der Waals surface area (Å²) in [6.07, 6.45) is -0.297. The Labute approximate surface area is 193 Å². The Kier molecular flexibility index (Phi) is 7.22. The number of benzene rings is 3. The number of hydrogen-bond donors (Lipinski definition) is 2. The first-order valence-electron chi connectivity index (χ1n) is 10.9. The van der Waals surface area contributed by atoms with E-state index in [-0.39, 0.29) is 12.7 Å². The van der Waals surface area contributed by atoms with Crippen molar-refractivity contribution in [1.82, 2.24) is 10.4 Å². The molecule has 0 radical (unpaired) electrons. The number of ether oxygens (including phenoxy) is 1. The number of anilines is 1. The number of hydroxylamine groups is 1. The first-order valence-corrected chi connectivity index (χ1v) is 10.9. The molecule has 0 aliphatic carbocycles. The number of carbonyl (C=O) groups is 2. The molecule has 0 saturated carbocycles. The third-order valence-corrected chi connectivity index (χ3v) is 5.84. The third-order valence-electron chi connectivity index (χ3n) is 5.84. The van der Waals surface area contributed by atoms with Crippen molar-refractivity contribution in [3.8, 4) is 0 Å². The first kappa shape index (κ1) is 22.4. The summed E-state index contributed by atoms with van der Waals surface area (Å²) < 4.78 is 5.44. The molecule has 0 spiro atoms. The van der Waals surface area contributed by atoms with Crippen molar-refractivity contribution >= 4 is 17.7 Å². The van der Waals surface area contributed by atoms with E-state index in [1.165, 1.54) is 0 Å². The minimum atomic E-state index is -0.596. The fourth-order valence-corrected chi connectivity index (χ4v) is 4.04. The summed E-state index contributed by atoms with van der Waals surface area (Å²) in [6, 6.07) is 26.7. The van der Waals surface area contributed by atoms with Gasteiger partial charge in [0.15, 0.2) is 0 Å². The molecule has 1 atom stereocenters. The molecule has 7 heteroatoms. The lowest BCUT2D eigenvalue weighted by molar-refractivity contribution is -0.129.